The van der Waals surface area contributed by atoms with Gasteiger partial charge in [0.2, 0.25) is 0 Å². The predicted molar refractivity (Wildman–Crippen MR) is 120 cm³/mol. The average molecular weight is 415 g/mol. The molecule has 0 aliphatic heterocycles. The number of ether oxygens (including phenoxy) is 1. The van der Waals surface area contributed by atoms with Crippen molar-refractivity contribution in [3.05, 3.63) is 46.7 Å². The molecule has 6 nitrogen and oxygen atoms in total. The number of para-hydroxylation sites is 1. The van der Waals surface area contributed by atoms with Gasteiger partial charge in [-0.3, -0.25) is 10.2 Å². The summed E-state index contributed by atoms with van der Waals surface area (Å²) in [4.78, 5) is 20.6. The number of hydrogen-bond acceptors (Lipinski definition) is 5. The van der Waals surface area contributed by atoms with Crippen LogP contribution in [0.1, 0.15) is 56.0 Å². The molecule has 0 amide bonds. The van der Waals surface area contributed by atoms with E-state index in [9.17, 15) is 4.79 Å². The molecule has 1 heterocycles. The van der Waals surface area contributed by atoms with E-state index in [2.05, 4.69) is 29.1 Å². The van der Waals surface area contributed by atoms with E-state index < -0.39 is 0 Å². The monoisotopic (exact) mass is 414 g/mol. The van der Waals surface area contributed by atoms with Crippen molar-refractivity contribution in [2.45, 2.75) is 40.0 Å². The number of carbonyl (C=O) groups is 1. The molecular weight excluding hydrogens is 388 g/mol. The molecule has 154 valence electrons. The zero-order valence-corrected chi connectivity index (χ0v) is 18.0. The minimum absolute atomic E-state index is 0.0649. The molecular formula is C22H27ClN4O2. The van der Waals surface area contributed by atoms with Gasteiger partial charge in [-0.25, -0.2) is 9.98 Å². The van der Waals surface area contributed by atoms with Gasteiger partial charge >= 0.3 is 0 Å². The van der Waals surface area contributed by atoms with Crippen LogP contribution in [0, 0.1) is 11.3 Å². The van der Waals surface area contributed by atoms with Crippen molar-refractivity contribution in [3.63, 3.8) is 0 Å². The summed E-state index contributed by atoms with van der Waals surface area (Å²) in [6.45, 7) is 6.00. The van der Waals surface area contributed by atoms with Crippen molar-refractivity contribution in [2.75, 3.05) is 12.4 Å². The molecule has 1 aromatic carbocycles. The Hall–Kier alpha value is -2.73. The molecule has 1 aromatic heterocycles. The van der Waals surface area contributed by atoms with E-state index in [4.69, 9.17) is 21.7 Å². The smallest absolute Gasteiger partial charge is 0.169 e. The fraction of sp³-hybridized carbons (Fsp3) is 0.364. The highest BCUT2D eigenvalue weighted by Crippen LogP contribution is 2.37. The molecule has 0 unspecified atom stereocenters. The second-order valence-corrected chi connectivity index (χ2v) is 7.03. The number of aliphatic imine (C=N–C) groups is 1. The predicted octanol–water partition coefficient (Wildman–Crippen LogP) is 5.91. The van der Waals surface area contributed by atoms with Gasteiger partial charge in [-0.1, -0.05) is 37.9 Å². The number of aromatic nitrogens is 1. The first-order valence-electron chi connectivity index (χ1n) is 9.68. The van der Waals surface area contributed by atoms with E-state index in [0.717, 1.165) is 12.8 Å². The number of amidine groups is 1. The van der Waals surface area contributed by atoms with Crippen LogP contribution in [0.15, 0.2) is 35.5 Å². The van der Waals surface area contributed by atoms with E-state index in [0.29, 0.717) is 33.4 Å². The van der Waals surface area contributed by atoms with Gasteiger partial charge in [-0.05, 0) is 38.0 Å². The van der Waals surface area contributed by atoms with Crippen LogP contribution in [0.3, 0.4) is 0 Å². The minimum atomic E-state index is 0.0649. The number of rotatable bonds is 6. The second-order valence-electron chi connectivity index (χ2n) is 6.65. The van der Waals surface area contributed by atoms with Crippen LogP contribution in [0.5, 0.6) is 5.75 Å². The van der Waals surface area contributed by atoms with Crippen LogP contribution in [-0.2, 0) is 0 Å². The molecule has 1 aliphatic rings. The number of Topliss-reactive ketones (excluding diaryl/α,β-unsaturated/α-hetero) is 1. The SMILES string of the molecule is CC=NC(=N)c1cccc(Nc2cc(Cl)ncc2C(=O)C2CC2)c1OC.CCC. The number of hydrogen-bond donors (Lipinski definition) is 2. The van der Waals surface area contributed by atoms with Crippen LogP contribution in [-0.4, -0.2) is 29.9 Å². The van der Waals surface area contributed by atoms with E-state index in [1.165, 1.54) is 19.7 Å². The quantitative estimate of drug-likeness (QED) is 0.266. The van der Waals surface area contributed by atoms with E-state index >= 15 is 0 Å². The normalized spacial score (nSPS) is 12.9. The Morgan fingerprint density at radius 3 is 2.62 bits per heavy atom. The van der Waals surface area contributed by atoms with Gasteiger partial charge < -0.3 is 10.1 Å². The highest BCUT2D eigenvalue weighted by Gasteiger charge is 2.32. The first-order valence-corrected chi connectivity index (χ1v) is 10.1. The summed E-state index contributed by atoms with van der Waals surface area (Å²) < 4.78 is 5.50. The van der Waals surface area contributed by atoms with Crippen LogP contribution in [0.25, 0.3) is 0 Å². The number of methoxy groups -OCH3 is 1. The number of halogens is 1. The molecule has 1 saturated carbocycles. The summed E-state index contributed by atoms with van der Waals surface area (Å²) >= 11 is 6.03. The third-order valence-electron chi connectivity index (χ3n) is 4.09. The molecule has 0 radical (unpaired) electrons. The van der Waals surface area contributed by atoms with Gasteiger partial charge in [0.15, 0.2) is 17.4 Å². The van der Waals surface area contributed by atoms with Gasteiger partial charge in [-0.2, -0.15) is 0 Å². The molecule has 29 heavy (non-hydrogen) atoms. The minimum Gasteiger partial charge on any atom is -0.494 e. The molecule has 0 saturated heterocycles. The van der Waals surface area contributed by atoms with Crippen LogP contribution in [0.2, 0.25) is 5.15 Å². The molecule has 0 atom stereocenters. The number of ketones is 1. The van der Waals surface area contributed by atoms with E-state index in [1.54, 1.807) is 31.3 Å². The molecule has 2 aromatic rings. The van der Waals surface area contributed by atoms with Crippen molar-refractivity contribution in [1.29, 1.82) is 5.41 Å². The van der Waals surface area contributed by atoms with Crippen molar-refractivity contribution in [2.24, 2.45) is 10.9 Å². The molecule has 1 fully saturated rings. The van der Waals surface area contributed by atoms with Crippen molar-refractivity contribution in [1.82, 2.24) is 4.98 Å². The van der Waals surface area contributed by atoms with Gasteiger partial charge in [0.25, 0.3) is 0 Å². The summed E-state index contributed by atoms with van der Waals surface area (Å²) in [5, 5.41) is 11.6. The topological polar surface area (TPSA) is 87.4 Å². The summed E-state index contributed by atoms with van der Waals surface area (Å²) in [5.41, 5.74) is 2.24. The molecule has 0 bridgehead atoms. The Labute approximate surface area is 176 Å². The molecule has 1 aliphatic carbocycles. The molecule has 7 heteroatoms. The van der Waals surface area contributed by atoms with Crippen molar-refractivity contribution in [3.8, 4) is 5.75 Å². The zero-order valence-electron chi connectivity index (χ0n) is 17.3. The number of carbonyl (C=O) groups excluding carboxylic acids is 1. The average Bonchev–Trinajstić information content (AvgIpc) is 3.53. The van der Waals surface area contributed by atoms with E-state index in [1.807, 2.05) is 6.07 Å². The Morgan fingerprint density at radius 2 is 2.03 bits per heavy atom. The van der Waals surface area contributed by atoms with Crippen molar-refractivity contribution < 1.29 is 9.53 Å². The lowest BCUT2D eigenvalue weighted by molar-refractivity contribution is 0.0968. The molecule has 0 spiro atoms. The molecule has 2 N–H and O–H groups in total. The van der Waals surface area contributed by atoms with Gasteiger partial charge in [0.05, 0.1) is 29.6 Å². The Bertz CT molecular complexity index is 908. The maximum absolute atomic E-state index is 12.5. The summed E-state index contributed by atoms with van der Waals surface area (Å²) in [6.07, 6.45) is 6.12. The van der Waals surface area contributed by atoms with Gasteiger partial charge in [-0.15, -0.1) is 0 Å². The lowest BCUT2D eigenvalue weighted by Gasteiger charge is -2.16. The number of nitrogens with zero attached hydrogens (tertiary/aromatic N) is 2. The van der Waals surface area contributed by atoms with E-state index in [-0.39, 0.29) is 17.5 Å². The first-order chi connectivity index (χ1) is 14.0. The third kappa shape index (κ3) is 5.87. The molecule has 3 rings (SSSR count). The Balaban J connectivity index is 0.000000941. The first kappa shape index (κ1) is 22.6. The fourth-order valence-electron chi connectivity index (χ4n) is 2.68. The Kier molecular flexibility index (Phi) is 8.34. The number of nitrogens with one attached hydrogen (secondary N) is 2. The summed E-state index contributed by atoms with van der Waals surface area (Å²) in [7, 11) is 1.53. The van der Waals surface area contributed by atoms with Gasteiger partial charge in [0.1, 0.15) is 5.15 Å². The Morgan fingerprint density at radius 1 is 1.34 bits per heavy atom. The second kappa shape index (κ2) is 10.7. The van der Waals surface area contributed by atoms with Crippen LogP contribution in [0.4, 0.5) is 11.4 Å². The lowest BCUT2D eigenvalue weighted by Crippen LogP contribution is -2.08. The zero-order chi connectivity index (χ0) is 21.4. The fourth-order valence-corrected chi connectivity index (χ4v) is 2.84. The van der Waals surface area contributed by atoms with Gasteiger partial charge in [0, 0.05) is 18.3 Å². The highest BCUT2D eigenvalue weighted by molar-refractivity contribution is 6.29. The number of benzene rings is 1. The van der Waals surface area contributed by atoms with Crippen molar-refractivity contribution >= 4 is 40.8 Å². The lowest BCUT2D eigenvalue weighted by atomic mass is 10.1. The highest BCUT2D eigenvalue weighted by atomic mass is 35.5. The van der Waals surface area contributed by atoms with Crippen LogP contribution >= 0.6 is 11.6 Å². The standard InChI is InChI=1S/C19H19ClN4O2.C3H8/c1-3-22-19(21)12-5-4-6-14(18(12)26-2)24-15-9-16(20)23-10-13(15)17(25)11-7-8-11;1-3-2/h3-6,9-11,21H,7-8H2,1-2H3,(H,23,24);3H2,1-2H3. The third-order valence-corrected chi connectivity index (χ3v) is 4.29. The summed E-state index contributed by atoms with van der Waals surface area (Å²) in [5.74, 6) is 0.699. The summed E-state index contributed by atoms with van der Waals surface area (Å²) in [6, 6.07) is 6.99. The maximum atomic E-state index is 12.5. The van der Waals surface area contributed by atoms with Crippen LogP contribution < -0.4 is 10.1 Å². The maximum Gasteiger partial charge on any atom is 0.169 e. The largest absolute Gasteiger partial charge is 0.494 e. The number of anilines is 2. The number of pyridine rings is 1.